The summed E-state index contributed by atoms with van der Waals surface area (Å²) in [5, 5.41) is 6.92. The normalized spacial score (nSPS) is 11.0. The topological polar surface area (TPSA) is 68.9 Å². The second-order valence-corrected chi connectivity index (χ2v) is 4.03. The molecule has 0 fully saturated rings. The predicted octanol–water partition coefficient (Wildman–Crippen LogP) is 1.86. The van der Waals surface area contributed by atoms with E-state index in [1.807, 2.05) is 11.5 Å². The number of aromatic amines is 1. The van der Waals surface area contributed by atoms with Crippen molar-refractivity contribution in [2.24, 2.45) is 0 Å². The van der Waals surface area contributed by atoms with Gasteiger partial charge in [0.1, 0.15) is 0 Å². The van der Waals surface area contributed by atoms with E-state index in [9.17, 15) is 0 Å². The molecule has 0 spiro atoms. The maximum Gasteiger partial charge on any atom is 0.200 e. The second-order valence-electron chi connectivity index (χ2n) is 3.64. The molecule has 0 aliphatic rings. The van der Waals surface area contributed by atoms with Gasteiger partial charge in [-0.2, -0.15) is 5.10 Å². The zero-order valence-electron chi connectivity index (χ0n) is 9.98. The molecule has 0 atom stereocenters. The summed E-state index contributed by atoms with van der Waals surface area (Å²) in [4.78, 5) is 4.22. The van der Waals surface area contributed by atoms with Gasteiger partial charge in [0.25, 0.3) is 0 Å². The van der Waals surface area contributed by atoms with Crippen LogP contribution < -0.4 is 0 Å². The molecule has 0 saturated carbocycles. The lowest BCUT2D eigenvalue weighted by atomic mass is 10.3. The summed E-state index contributed by atoms with van der Waals surface area (Å²) in [5.41, 5.74) is 0.801. The second kappa shape index (κ2) is 4.80. The highest BCUT2D eigenvalue weighted by Gasteiger charge is 2.16. The molecule has 6 nitrogen and oxygen atoms in total. The molecule has 0 unspecified atom stereocenters. The van der Waals surface area contributed by atoms with E-state index >= 15 is 0 Å². The molecule has 1 N–H and O–H groups in total. The summed E-state index contributed by atoms with van der Waals surface area (Å²) in [6.07, 6.45) is 0. The van der Waals surface area contributed by atoms with Gasteiger partial charge in [-0.05, 0) is 19.1 Å². The fourth-order valence-corrected chi connectivity index (χ4v) is 1.84. The molecule has 92 valence electrons. The van der Waals surface area contributed by atoms with E-state index in [1.54, 1.807) is 14.0 Å². The number of aryl methyl sites for hydroxylation is 2. The van der Waals surface area contributed by atoms with Crippen molar-refractivity contribution in [3.05, 3.63) is 16.4 Å². The summed E-state index contributed by atoms with van der Waals surface area (Å²) in [6.45, 7) is 4.87. The minimum atomic E-state index is 0.547. The van der Waals surface area contributed by atoms with Gasteiger partial charge in [-0.1, -0.05) is 0 Å². The Morgan fingerprint density at radius 3 is 2.82 bits per heavy atom. The monoisotopic (exact) mass is 254 g/mol. The van der Waals surface area contributed by atoms with Crippen LogP contribution in [0.25, 0.3) is 11.6 Å². The van der Waals surface area contributed by atoms with E-state index in [0.29, 0.717) is 35.4 Å². The largest absolute Gasteiger partial charge is 0.437 e. The number of hydrogen-bond donors (Lipinski definition) is 1. The van der Waals surface area contributed by atoms with Crippen molar-refractivity contribution in [2.75, 3.05) is 13.7 Å². The van der Waals surface area contributed by atoms with Crippen LogP contribution in [0.4, 0.5) is 0 Å². The van der Waals surface area contributed by atoms with Gasteiger partial charge in [-0.3, -0.25) is 9.67 Å². The molecule has 2 aromatic heterocycles. The Balaban J connectivity index is 2.45. The molecule has 0 aliphatic carbocycles. The number of rotatable bonds is 4. The minimum absolute atomic E-state index is 0.547. The number of methoxy groups -OCH3 is 1. The fourth-order valence-electron chi connectivity index (χ4n) is 1.62. The summed E-state index contributed by atoms with van der Waals surface area (Å²) < 4.78 is 13.0. The van der Waals surface area contributed by atoms with E-state index in [2.05, 4.69) is 15.2 Å². The number of nitrogens with one attached hydrogen (secondary N) is 1. The Kier molecular flexibility index (Phi) is 3.39. The van der Waals surface area contributed by atoms with Crippen LogP contribution in [0.5, 0.6) is 0 Å². The highest BCUT2D eigenvalue weighted by atomic mass is 32.1. The van der Waals surface area contributed by atoms with E-state index in [1.165, 1.54) is 0 Å². The Morgan fingerprint density at radius 1 is 1.47 bits per heavy atom. The van der Waals surface area contributed by atoms with Gasteiger partial charge in [0.15, 0.2) is 22.2 Å². The van der Waals surface area contributed by atoms with Gasteiger partial charge >= 0.3 is 0 Å². The maximum atomic E-state index is 5.53. The first-order valence-corrected chi connectivity index (χ1v) is 5.63. The first kappa shape index (κ1) is 12.0. The molecule has 2 heterocycles. The highest BCUT2D eigenvalue weighted by Crippen LogP contribution is 2.22. The molecule has 2 rings (SSSR count). The quantitative estimate of drug-likeness (QED) is 0.843. The van der Waals surface area contributed by atoms with Crippen LogP contribution >= 0.6 is 12.2 Å². The summed E-state index contributed by atoms with van der Waals surface area (Å²) in [6, 6.07) is 0. The maximum absolute atomic E-state index is 5.53. The molecule has 0 amide bonds. The van der Waals surface area contributed by atoms with Crippen molar-refractivity contribution >= 4 is 12.2 Å². The standard InChI is InChI=1S/C10H14N4O2S/c1-6-8(16-7(2)11-6)9-12-13-10(17)14(9)4-5-15-3/h4-5H2,1-3H3,(H,13,17). The van der Waals surface area contributed by atoms with Crippen molar-refractivity contribution in [1.29, 1.82) is 0 Å². The molecular weight excluding hydrogens is 240 g/mol. The van der Waals surface area contributed by atoms with E-state index in [4.69, 9.17) is 21.4 Å². The fraction of sp³-hybridized carbons (Fsp3) is 0.500. The van der Waals surface area contributed by atoms with Crippen molar-refractivity contribution in [3.8, 4) is 11.6 Å². The first-order chi connectivity index (χ1) is 8.13. The molecule has 0 aromatic carbocycles. The summed E-state index contributed by atoms with van der Waals surface area (Å²) >= 11 is 5.16. The van der Waals surface area contributed by atoms with Gasteiger partial charge in [0.05, 0.1) is 18.8 Å². The van der Waals surface area contributed by atoms with Crippen molar-refractivity contribution in [2.45, 2.75) is 20.4 Å². The molecular formula is C10H14N4O2S. The van der Waals surface area contributed by atoms with Gasteiger partial charge in [0, 0.05) is 14.0 Å². The minimum Gasteiger partial charge on any atom is -0.437 e. The predicted molar refractivity (Wildman–Crippen MR) is 64.3 cm³/mol. The number of ether oxygens (including phenoxy) is 1. The van der Waals surface area contributed by atoms with Crippen molar-refractivity contribution in [3.63, 3.8) is 0 Å². The van der Waals surface area contributed by atoms with E-state index in [-0.39, 0.29) is 0 Å². The SMILES string of the molecule is COCCn1c(-c2oc(C)nc2C)n[nH]c1=S. The third kappa shape index (κ3) is 2.29. The molecule has 17 heavy (non-hydrogen) atoms. The molecule has 2 aromatic rings. The van der Waals surface area contributed by atoms with Crippen LogP contribution in [0.2, 0.25) is 0 Å². The van der Waals surface area contributed by atoms with Crippen LogP contribution in [-0.2, 0) is 11.3 Å². The van der Waals surface area contributed by atoms with E-state index in [0.717, 1.165) is 5.69 Å². The van der Waals surface area contributed by atoms with Crippen molar-refractivity contribution in [1.82, 2.24) is 19.7 Å². The lowest BCUT2D eigenvalue weighted by Gasteiger charge is -2.03. The molecule has 0 radical (unpaired) electrons. The highest BCUT2D eigenvalue weighted by molar-refractivity contribution is 7.71. The Morgan fingerprint density at radius 2 is 2.24 bits per heavy atom. The van der Waals surface area contributed by atoms with Crippen LogP contribution in [-0.4, -0.2) is 33.5 Å². The molecule has 0 bridgehead atoms. The van der Waals surface area contributed by atoms with Crippen LogP contribution in [0.1, 0.15) is 11.6 Å². The Hall–Kier alpha value is -1.47. The number of hydrogen-bond acceptors (Lipinski definition) is 5. The number of oxazole rings is 1. The lowest BCUT2D eigenvalue weighted by molar-refractivity contribution is 0.187. The summed E-state index contributed by atoms with van der Waals surface area (Å²) in [7, 11) is 1.65. The number of nitrogens with zero attached hydrogens (tertiary/aromatic N) is 3. The molecule has 7 heteroatoms. The zero-order valence-corrected chi connectivity index (χ0v) is 10.8. The third-order valence-electron chi connectivity index (χ3n) is 2.38. The molecule has 0 aliphatic heterocycles. The van der Waals surface area contributed by atoms with Gasteiger partial charge in [-0.15, -0.1) is 0 Å². The van der Waals surface area contributed by atoms with Crippen LogP contribution in [0.15, 0.2) is 4.42 Å². The smallest absolute Gasteiger partial charge is 0.200 e. The number of H-pyrrole nitrogens is 1. The van der Waals surface area contributed by atoms with Gasteiger partial charge < -0.3 is 9.15 Å². The van der Waals surface area contributed by atoms with Crippen molar-refractivity contribution < 1.29 is 9.15 Å². The van der Waals surface area contributed by atoms with Crippen LogP contribution in [0.3, 0.4) is 0 Å². The van der Waals surface area contributed by atoms with Gasteiger partial charge in [0.2, 0.25) is 0 Å². The Labute approximate surface area is 104 Å². The average molecular weight is 254 g/mol. The summed E-state index contributed by atoms with van der Waals surface area (Å²) in [5.74, 6) is 1.92. The average Bonchev–Trinajstić information content (AvgIpc) is 2.79. The molecule has 0 saturated heterocycles. The number of aromatic nitrogens is 4. The Bertz CT molecular complexity index is 569. The van der Waals surface area contributed by atoms with E-state index < -0.39 is 0 Å². The van der Waals surface area contributed by atoms with Crippen LogP contribution in [0, 0.1) is 18.6 Å². The zero-order chi connectivity index (χ0) is 12.4. The lowest BCUT2D eigenvalue weighted by Crippen LogP contribution is -2.06. The third-order valence-corrected chi connectivity index (χ3v) is 2.70. The first-order valence-electron chi connectivity index (χ1n) is 5.22. The van der Waals surface area contributed by atoms with Gasteiger partial charge in [-0.25, -0.2) is 4.98 Å².